The Hall–Kier alpha value is -2.97. The van der Waals surface area contributed by atoms with E-state index in [1.54, 1.807) is 6.07 Å². The highest BCUT2D eigenvalue weighted by Crippen LogP contribution is 2.22. The minimum absolute atomic E-state index is 0.208. The molecule has 1 N–H and O–H groups in total. The van der Waals surface area contributed by atoms with Crippen molar-refractivity contribution in [2.75, 3.05) is 13.1 Å². The second-order valence-electron chi connectivity index (χ2n) is 6.87. The molecule has 0 aliphatic carbocycles. The summed E-state index contributed by atoms with van der Waals surface area (Å²) in [7, 11) is -3.48. The lowest BCUT2D eigenvalue weighted by molar-refractivity contribution is 0.0950. The molecule has 1 aromatic heterocycles. The van der Waals surface area contributed by atoms with Crippen molar-refractivity contribution in [3.05, 3.63) is 71.9 Å². The molecular formula is C21H21N3O4S. The van der Waals surface area contributed by atoms with Gasteiger partial charge in [0.1, 0.15) is 5.69 Å². The Bertz CT molecular complexity index is 1090. The molecule has 2 aromatic carbocycles. The van der Waals surface area contributed by atoms with Crippen molar-refractivity contribution >= 4 is 15.9 Å². The predicted octanol–water partition coefficient (Wildman–Crippen LogP) is 3.06. The fraction of sp³-hybridized carbons (Fsp3) is 0.238. The van der Waals surface area contributed by atoms with Crippen LogP contribution in [0.2, 0.25) is 0 Å². The van der Waals surface area contributed by atoms with Crippen LogP contribution in [0.15, 0.2) is 70.1 Å². The van der Waals surface area contributed by atoms with Crippen LogP contribution < -0.4 is 5.32 Å². The third-order valence-corrected chi connectivity index (χ3v) is 6.78. The quantitative estimate of drug-likeness (QED) is 0.673. The number of sulfonamides is 1. The Morgan fingerprint density at radius 2 is 1.72 bits per heavy atom. The van der Waals surface area contributed by atoms with Crippen LogP contribution in [0.5, 0.6) is 0 Å². The lowest BCUT2D eigenvalue weighted by Gasteiger charge is -2.15. The normalized spacial score (nSPS) is 14.8. The van der Waals surface area contributed by atoms with Gasteiger partial charge in [-0.3, -0.25) is 4.79 Å². The molecule has 1 amide bonds. The smallest absolute Gasteiger partial charge is 0.251 e. The molecule has 0 bridgehead atoms. The van der Waals surface area contributed by atoms with Crippen molar-refractivity contribution in [2.24, 2.45) is 0 Å². The highest BCUT2D eigenvalue weighted by molar-refractivity contribution is 7.89. The zero-order valence-corrected chi connectivity index (χ0v) is 16.6. The third-order valence-electron chi connectivity index (χ3n) is 4.87. The predicted molar refractivity (Wildman–Crippen MR) is 108 cm³/mol. The average Bonchev–Trinajstić information content (AvgIpc) is 3.45. The van der Waals surface area contributed by atoms with Crippen LogP contribution in [-0.4, -0.2) is 36.9 Å². The van der Waals surface area contributed by atoms with E-state index in [0.717, 1.165) is 18.4 Å². The third kappa shape index (κ3) is 4.23. The second kappa shape index (κ2) is 8.18. The van der Waals surface area contributed by atoms with E-state index >= 15 is 0 Å². The van der Waals surface area contributed by atoms with Gasteiger partial charge >= 0.3 is 0 Å². The number of aromatic nitrogens is 1. The summed E-state index contributed by atoms with van der Waals surface area (Å²) in [5, 5.41) is 6.75. The van der Waals surface area contributed by atoms with E-state index in [1.807, 2.05) is 30.3 Å². The summed E-state index contributed by atoms with van der Waals surface area (Å²) in [5.41, 5.74) is 1.90. The van der Waals surface area contributed by atoms with Gasteiger partial charge in [0.2, 0.25) is 10.0 Å². The lowest BCUT2D eigenvalue weighted by Crippen LogP contribution is -2.28. The summed E-state index contributed by atoms with van der Waals surface area (Å²) in [4.78, 5) is 12.6. The Labute approximate surface area is 169 Å². The summed E-state index contributed by atoms with van der Waals surface area (Å²) in [6, 6.07) is 17.4. The Kier molecular flexibility index (Phi) is 5.46. The number of rotatable bonds is 6. The number of nitrogens with zero attached hydrogens (tertiary/aromatic N) is 2. The molecule has 1 aliphatic rings. The maximum absolute atomic E-state index is 12.6. The largest absolute Gasteiger partial charge is 0.356 e. The number of hydrogen-bond acceptors (Lipinski definition) is 5. The van der Waals surface area contributed by atoms with E-state index < -0.39 is 10.0 Å². The molecular weight excluding hydrogens is 390 g/mol. The molecule has 1 aliphatic heterocycles. The van der Waals surface area contributed by atoms with E-state index in [1.165, 1.54) is 28.6 Å². The molecule has 1 saturated heterocycles. The van der Waals surface area contributed by atoms with Gasteiger partial charge in [-0.25, -0.2) is 8.42 Å². The van der Waals surface area contributed by atoms with Gasteiger partial charge in [-0.05, 0) is 37.1 Å². The maximum atomic E-state index is 12.6. The molecule has 0 saturated carbocycles. The SMILES string of the molecule is O=C(NCc1cc(-c2ccccc2)on1)c1ccc(S(=O)(=O)N2CCCC2)cc1. The van der Waals surface area contributed by atoms with E-state index in [-0.39, 0.29) is 17.3 Å². The lowest BCUT2D eigenvalue weighted by atomic mass is 10.1. The molecule has 0 atom stereocenters. The first-order chi connectivity index (χ1) is 14.0. The highest BCUT2D eigenvalue weighted by Gasteiger charge is 2.27. The number of carbonyl (C=O) groups is 1. The van der Waals surface area contributed by atoms with Gasteiger partial charge in [0.25, 0.3) is 5.91 Å². The van der Waals surface area contributed by atoms with Crippen molar-refractivity contribution < 1.29 is 17.7 Å². The van der Waals surface area contributed by atoms with E-state index in [2.05, 4.69) is 10.5 Å². The number of hydrogen-bond donors (Lipinski definition) is 1. The fourth-order valence-corrected chi connectivity index (χ4v) is 4.78. The van der Waals surface area contributed by atoms with Crippen molar-refractivity contribution in [3.8, 4) is 11.3 Å². The van der Waals surface area contributed by atoms with Crippen molar-refractivity contribution in [3.63, 3.8) is 0 Å². The summed E-state index contributed by atoms with van der Waals surface area (Å²) < 4.78 is 31.9. The van der Waals surface area contributed by atoms with Crippen LogP contribution in [-0.2, 0) is 16.6 Å². The van der Waals surface area contributed by atoms with Gasteiger partial charge in [0, 0.05) is 30.3 Å². The van der Waals surface area contributed by atoms with Crippen LogP contribution in [0.4, 0.5) is 0 Å². The van der Waals surface area contributed by atoms with E-state index in [9.17, 15) is 13.2 Å². The van der Waals surface area contributed by atoms with E-state index in [4.69, 9.17) is 4.52 Å². The molecule has 3 aromatic rings. The summed E-state index contributed by atoms with van der Waals surface area (Å²) in [6.45, 7) is 1.31. The first-order valence-corrected chi connectivity index (χ1v) is 10.9. The number of carbonyl (C=O) groups excluding carboxylic acids is 1. The van der Waals surface area contributed by atoms with Crippen LogP contribution in [0, 0.1) is 0 Å². The molecule has 4 rings (SSSR count). The van der Waals surface area contributed by atoms with Gasteiger partial charge < -0.3 is 9.84 Å². The van der Waals surface area contributed by atoms with Gasteiger partial charge in [-0.2, -0.15) is 4.31 Å². The summed E-state index contributed by atoms with van der Waals surface area (Å²) >= 11 is 0. The minimum Gasteiger partial charge on any atom is -0.356 e. The number of benzene rings is 2. The standard InChI is InChI=1S/C21H21N3O4S/c25-21(22-15-18-14-20(28-23-18)16-6-2-1-3-7-16)17-8-10-19(11-9-17)29(26,27)24-12-4-5-13-24/h1-3,6-11,14H,4-5,12-13,15H2,(H,22,25). The molecule has 2 heterocycles. The van der Waals surface area contributed by atoms with Crippen LogP contribution in [0.3, 0.4) is 0 Å². The molecule has 8 heteroatoms. The van der Waals surface area contributed by atoms with Gasteiger partial charge in [-0.15, -0.1) is 0 Å². The van der Waals surface area contributed by atoms with Crippen LogP contribution in [0.25, 0.3) is 11.3 Å². The average molecular weight is 411 g/mol. The Morgan fingerprint density at radius 3 is 2.41 bits per heavy atom. The van der Waals surface area contributed by atoms with Gasteiger partial charge in [0.05, 0.1) is 11.4 Å². The maximum Gasteiger partial charge on any atom is 0.251 e. The van der Waals surface area contributed by atoms with Gasteiger partial charge in [-0.1, -0.05) is 35.5 Å². The monoisotopic (exact) mass is 411 g/mol. The number of amides is 1. The fourth-order valence-electron chi connectivity index (χ4n) is 3.26. The van der Waals surface area contributed by atoms with Crippen LogP contribution >= 0.6 is 0 Å². The second-order valence-corrected chi connectivity index (χ2v) is 8.80. The molecule has 0 unspecified atom stereocenters. The zero-order valence-electron chi connectivity index (χ0n) is 15.7. The van der Waals surface area contributed by atoms with Crippen molar-refractivity contribution in [2.45, 2.75) is 24.3 Å². The van der Waals surface area contributed by atoms with Crippen molar-refractivity contribution in [1.29, 1.82) is 0 Å². The van der Waals surface area contributed by atoms with E-state index in [0.29, 0.717) is 30.1 Å². The molecule has 7 nitrogen and oxygen atoms in total. The topological polar surface area (TPSA) is 92.5 Å². The van der Waals surface area contributed by atoms with Gasteiger partial charge in [0.15, 0.2) is 5.76 Å². The van der Waals surface area contributed by atoms with Crippen molar-refractivity contribution in [1.82, 2.24) is 14.8 Å². The molecule has 1 fully saturated rings. The van der Waals surface area contributed by atoms with Crippen LogP contribution in [0.1, 0.15) is 28.9 Å². The minimum atomic E-state index is -3.48. The molecule has 150 valence electrons. The Balaban J connectivity index is 1.38. The Morgan fingerprint density at radius 1 is 1.03 bits per heavy atom. The number of nitrogens with one attached hydrogen (secondary N) is 1. The molecule has 0 radical (unpaired) electrons. The molecule has 0 spiro atoms. The first-order valence-electron chi connectivity index (χ1n) is 9.43. The first kappa shape index (κ1) is 19.4. The summed E-state index contributed by atoms with van der Waals surface area (Å²) in [5.74, 6) is 0.325. The zero-order chi connectivity index (χ0) is 20.3. The summed E-state index contributed by atoms with van der Waals surface area (Å²) in [6.07, 6.45) is 1.77. The molecule has 29 heavy (non-hydrogen) atoms. The highest BCUT2D eigenvalue weighted by atomic mass is 32.2.